The number of hydrogen-bond acceptors (Lipinski definition) is 8. The highest BCUT2D eigenvalue weighted by Crippen LogP contribution is 2.43. The SMILES string of the molecule is CCCCCCC/C=C\C/C=C\CCCCCCCCCCCCCC(=O)OC(COCCCCCCCC/C=C\CCCCCCCCC)COP(=O)(O)OCC(N)C(=O)O. The summed E-state index contributed by atoms with van der Waals surface area (Å²) in [5, 5.41) is 8.92. The molecule has 0 spiro atoms. The number of esters is 1. The molecule has 3 unspecified atom stereocenters. The molecule has 0 saturated heterocycles. The number of ether oxygens (including phenoxy) is 2. The van der Waals surface area contributed by atoms with Crippen LogP contribution in [0.2, 0.25) is 0 Å². The summed E-state index contributed by atoms with van der Waals surface area (Å²) in [6.45, 7) is 3.89. The van der Waals surface area contributed by atoms with E-state index in [2.05, 4.69) is 50.3 Å². The fourth-order valence-corrected chi connectivity index (χ4v) is 7.94. The molecule has 62 heavy (non-hydrogen) atoms. The molecule has 0 rings (SSSR count). The van der Waals surface area contributed by atoms with Gasteiger partial charge in [0.15, 0.2) is 0 Å². The van der Waals surface area contributed by atoms with Crippen molar-refractivity contribution in [1.82, 2.24) is 0 Å². The molecule has 0 aromatic rings. The van der Waals surface area contributed by atoms with Gasteiger partial charge in [0.25, 0.3) is 0 Å². The van der Waals surface area contributed by atoms with Gasteiger partial charge >= 0.3 is 19.8 Å². The number of phosphoric ester groups is 1. The number of rotatable bonds is 49. The lowest BCUT2D eigenvalue weighted by Gasteiger charge is -2.20. The highest BCUT2D eigenvalue weighted by Gasteiger charge is 2.27. The average Bonchev–Trinajstić information content (AvgIpc) is 3.25. The zero-order valence-corrected chi connectivity index (χ0v) is 40.9. The van der Waals surface area contributed by atoms with Gasteiger partial charge in [0.05, 0.1) is 19.8 Å². The maximum atomic E-state index is 12.7. The minimum absolute atomic E-state index is 0.0137. The quantitative estimate of drug-likeness (QED) is 0.0233. The van der Waals surface area contributed by atoms with E-state index in [4.69, 9.17) is 29.4 Å². The molecule has 0 heterocycles. The van der Waals surface area contributed by atoms with Crippen molar-refractivity contribution in [1.29, 1.82) is 0 Å². The fraction of sp³-hybridized carbons (Fsp3) is 0.843. The lowest BCUT2D eigenvalue weighted by molar-refractivity contribution is -0.154. The summed E-state index contributed by atoms with van der Waals surface area (Å²) in [6, 6.07) is -1.47. The zero-order valence-electron chi connectivity index (χ0n) is 40.0. The molecular weight excluding hydrogens is 802 g/mol. The molecule has 3 atom stereocenters. The average molecular weight is 898 g/mol. The second-order valence-electron chi connectivity index (χ2n) is 17.3. The third kappa shape index (κ3) is 46.2. The zero-order chi connectivity index (χ0) is 45.5. The number of carboxylic acids is 1. The van der Waals surface area contributed by atoms with Gasteiger partial charge < -0.3 is 25.2 Å². The molecule has 0 bridgehead atoms. The first-order chi connectivity index (χ1) is 30.2. The normalized spacial score (nSPS) is 14.0. The topological polar surface area (TPSA) is 155 Å². The van der Waals surface area contributed by atoms with Gasteiger partial charge in [0, 0.05) is 13.0 Å². The second-order valence-corrected chi connectivity index (χ2v) is 18.7. The maximum Gasteiger partial charge on any atom is 0.472 e. The Morgan fingerprint density at radius 1 is 0.516 bits per heavy atom. The summed E-state index contributed by atoms with van der Waals surface area (Å²) in [7, 11) is -4.62. The van der Waals surface area contributed by atoms with Crippen LogP contribution >= 0.6 is 7.82 Å². The Kier molecular flexibility index (Phi) is 45.8. The standard InChI is InChI=1S/C51H96NO9P/c1-3-5-7-9-11-13-15-17-19-21-22-23-24-25-26-27-29-31-33-35-37-39-41-43-50(53)61-48(46-59-62(56,57)60-47-49(52)51(54)55)45-58-44-42-40-38-36-34-32-30-28-20-18-16-14-12-10-8-6-4-2/h15,17,20-22,28,48-49H,3-14,16,18-19,23-27,29-47,52H2,1-2H3,(H,54,55)(H,56,57)/b17-15-,22-21-,28-20-. The Bertz CT molecular complexity index is 1130. The minimum Gasteiger partial charge on any atom is -0.480 e. The van der Waals surface area contributed by atoms with Crippen LogP contribution < -0.4 is 5.73 Å². The molecule has 0 aliphatic rings. The molecule has 0 aliphatic carbocycles. The van der Waals surface area contributed by atoms with Gasteiger partial charge in [-0.25, -0.2) is 4.57 Å². The lowest BCUT2D eigenvalue weighted by Crippen LogP contribution is -2.34. The number of hydrogen-bond donors (Lipinski definition) is 3. The van der Waals surface area contributed by atoms with Crippen molar-refractivity contribution in [2.75, 3.05) is 26.4 Å². The van der Waals surface area contributed by atoms with Crippen LogP contribution in [0.4, 0.5) is 0 Å². The Morgan fingerprint density at radius 3 is 1.32 bits per heavy atom. The van der Waals surface area contributed by atoms with Gasteiger partial charge in [-0.2, -0.15) is 0 Å². The van der Waals surface area contributed by atoms with E-state index in [9.17, 15) is 19.0 Å². The van der Waals surface area contributed by atoms with E-state index in [-0.39, 0.29) is 13.0 Å². The van der Waals surface area contributed by atoms with Crippen LogP contribution in [0.5, 0.6) is 0 Å². The summed E-state index contributed by atoms with van der Waals surface area (Å²) >= 11 is 0. The van der Waals surface area contributed by atoms with Crippen molar-refractivity contribution in [3.05, 3.63) is 36.5 Å². The van der Waals surface area contributed by atoms with Crippen molar-refractivity contribution in [2.45, 2.75) is 251 Å². The Balaban J connectivity index is 4.13. The van der Waals surface area contributed by atoms with Gasteiger partial charge in [-0.15, -0.1) is 0 Å². The Labute approximate surface area is 380 Å². The number of phosphoric acid groups is 1. The molecule has 0 aromatic heterocycles. The smallest absolute Gasteiger partial charge is 0.472 e. The van der Waals surface area contributed by atoms with E-state index in [1.54, 1.807) is 0 Å². The molecule has 0 aromatic carbocycles. The van der Waals surface area contributed by atoms with Crippen LogP contribution in [0.25, 0.3) is 0 Å². The first kappa shape index (κ1) is 60.2. The highest BCUT2D eigenvalue weighted by atomic mass is 31.2. The monoisotopic (exact) mass is 898 g/mol. The first-order valence-electron chi connectivity index (χ1n) is 25.5. The van der Waals surface area contributed by atoms with Crippen molar-refractivity contribution < 1.29 is 42.7 Å². The van der Waals surface area contributed by atoms with E-state index < -0.39 is 45.1 Å². The second kappa shape index (κ2) is 47.2. The van der Waals surface area contributed by atoms with Crippen LogP contribution in [0.15, 0.2) is 36.5 Å². The summed E-state index contributed by atoms with van der Waals surface area (Å²) in [5.41, 5.74) is 5.37. The summed E-state index contributed by atoms with van der Waals surface area (Å²) in [5.74, 6) is -1.78. The fourth-order valence-electron chi connectivity index (χ4n) is 7.16. The first-order valence-corrected chi connectivity index (χ1v) is 27.0. The van der Waals surface area contributed by atoms with E-state index in [0.717, 1.165) is 51.4 Å². The van der Waals surface area contributed by atoms with Gasteiger partial charge in [0.1, 0.15) is 12.1 Å². The van der Waals surface area contributed by atoms with Crippen LogP contribution in [0, 0.1) is 0 Å². The minimum atomic E-state index is -4.62. The summed E-state index contributed by atoms with van der Waals surface area (Å²) in [4.78, 5) is 33.7. The maximum absolute atomic E-state index is 12.7. The number of carboxylic acid groups (broad SMARTS) is 1. The van der Waals surface area contributed by atoms with Gasteiger partial charge in [-0.3, -0.25) is 18.6 Å². The number of allylic oxidation sites excluding steroid dienone is 6. The van der Waals surface area contributed by atoms with E-state index in [1.807, 2.05) is 0 Å². The highest BCUT2D eigenvalue weighted by molar-refractivity contribution is 7.47. The third-order valence-electron chi connectivity index (χ3n) is 11.1. The molecule has 364 valence electrons. The largest absolute Gasteiger partial charge is 0.480 e. The number of carbonyl (C=O) groups excluding carboxylic acids is 1. The van der Waals surface area contributed by atoms with Crippen LogP contribution in [0.3, 0.4) is 0 Å². The Morgan fingerprint density at radius 2 is 0.887 bits per heavy atom. The summed E-state index contributed by atoms with van der Waals surface area (Å²) < 4.78 is 33.5. The lowest BCUT2D eigenvalue weighted by atomic mass is 10.0. The molecule has 0 saturated carbocycles. The van der Waals surface area contributed by atoms with E-state index in [1.165, 1.54) is 161 Å². The van der Waals surface area contributed by atoms with Crippen LogP contribution in [-0.2, 0) is 32.7 Å². The molecule has 0 amide bonds. The molecule has 0 radical (unpaired) electrons. The third-order valence-corrected chi connectivity index (χ3v) is 12.1. The molecule has 11 heteroatoms. The molecule has 10 nitrogen and oxygen atoms in total. The number of unbranched alkanes of at least 4 members (excludes halogenated alkanes) is 29. The van der Waals surface area contributed by atoms with Crippen molar-refractivity contribution in [3.8, 4) is 0 Å². The number of carbonyl (C=O) groups is 2. The number of aliphatic carboxylic acids is 1. The molecular formula is C51H96NO9P. The van der Waals surface area contributed by atoms with Crippen LogP contribution in [-0.4, -0.2) is 60.5 Å². The predicted molar refractivity (Wildman–Crippen MR) is 258 cm³/mol. The van der Waals surface area contributed by atoms with E-state index >= 15 is 0 Å². The van der Waals surface area contributed by atoms with Crippen molar-refractivity contribution in [2.24, 2.45) is 5.73 Å². The molecule has 0 fully saturated rings. The van der Waals surface area contributed by atoms with Crippen molar-refractivity contribution in [3.63, 3.8) is 0 Å². The molecule has 4 N–H and O–H groups in total. The molecule has 0 aliphatic heterocycles. The Hall–Kier alpha value is -1.81. The van der Waals surface area contributed by atoms with Gasteiger partial charge in [-0.1, -0.05) is 198 Å². The predicted octanol–water partition coefficient (Wildman–Crippen LogP) is 14.8. The number of nitrogens with two attached hydrogens (primary N) is 1. The van der Waals surface area contributed by atoms with Crippen LogP contribution in [0.1, 0.15) is 239 Å². The van der Waals surface area contributed by atoms with E-state index in [0.29, 0.717) is 13.0 Å². The van der Waals surface area contributed by atoms with Crippen molar-refractivity contribution >= 4 is 19.8 Å². The van der Waals surface area contributed by atoms with Gasteiger partial charge in [0.2, 0.25) is 0 Å². The summed E-state index contributed by atoms with van der Waals surface area (Å²) in [6.07, 6.45) is 54.8. The van der Waals surface area contributed by atoms with Gasteiger partial charge in [-0.05, 0) is 70.6 Å².